The minimum Gasteiger partial charge on any atom is -0.305 e. The van der Waals surface area contributed by atoms with Gasteiger partial charge in [-0.2, -0.15) is 0 Å². The second-order valence-electron chi connectivity index (χ2n) is 4.66. The Labute approximate surface area is 86.7 Å². The van der Waals surface area contributed by atoms with Crippen LogP contribution in [-0.2, 0) is 0 Å². The molecule has 0 spiro atoms. The lowest BCUT2D eigenvalue weighted by molar-refractivity contribution is 0.401. The molecule has 2 atom stereocenters. The third-order valence-corrected chi connectivity index (χ3v) is 3.38. The number of hydrogen-bond donors (Lipinski definition) is 0. The van der Waals surface area contributed by atoms with Crippen LogP contribution in [0.5, 0.6) is 0 Å². The van der Waals surface area contributed by atoms with E-state index in [9.17, 15) is 0 Å². The Morgan fingerprint density at radius 2 is 1.93 bits per heavy atom. The number of benzene rings is 1. The maximum absolute atomic E-state index is 2.43. The highest BCUT2D eigenvalue weighted by Crippen LogP contribution is 2.32. The van der Waals surface area contributed by atoms with E-state index >= 15 is 0 Å². The molecule has 1 heterocycles. The van der Waals surface area contributed by atoms with Gasteiger partial charge in [-0.05, 0) is 31.0 Å². The summed E-state index contributed by atoms with van der Waals surface area (Å²) in [6.45, 7) is 7.03. The van der Waals surface area contributed by atoms with Crippen LogP contribution in [0.3, 0.4) is 0 Å². The van der Waals surface area contributed by atoms with Crippen LogP contribution >= 0.6 is 0 Å². The molecule has 0 amide bonds. The summed E-state index contributed by atoms with van der Waals surface area (Å²) in [5, 5.41) is 0. The van der Waals surface area contributed by atoms with Crippen LogP contribution in [0.25, 0.3) is 0 Å². The summed E-state index contributed by atoms with van der Waals surface area (Å²) in [6.07, 6.45) is 0. The molecule has 14 heavy (non-hydrogen) atoms. The number of likely N-dealkylation sites (tertiary alicyclic amines) is 1. The summed E-state index contributed by atoms with van der Waals surface area (Å²) in [7, 11) is 2.22. The number of rotatable bonds is 1. The fourth-order valence-electron chi connectivity index (χ4n) is 2.62. The van der Waals surface area contributed by atoms with Gasteiger partial charge in [0, 0.05) is 19.0 Å². The van der Waals surface area contributed by atoms with Gasteiger partial charge in [-0.15, -0.1) is 0 Å². The van der Waals surface area contributed by atoms with Gasteiger partial charge in [-0.25, -0.2) is 0 Å². The molecule has 0 N–H and O–H groups in total. The largest absolute Gasteiger partial charge is 0.305 e. The minimum atomic E-state index is 0.737. The van der Waals surface area contributed by atoms with Gasteiger partial charge in [0.25, 0.3) is 0 Å². The Morgan fingerprint density at radius 1 is 1.21 bits per heavy atom. The van der Waals surface area contributed by atoms with Gasteiger partial charge in [0.1, 0.15) is 0 Å². The zero-order chi connectivity index (χ0) is 10.1. The smallest absolute Gasteiger partial charge is 0.00505 e. The van der Waals surface area contributed by atoms with E-state index in [0.717, 1.165) is 11.8 Å². The normalized spacial score (nSPS) is 28.2. The quantitative estimate of drug-likeness (QED) is 0.656. The van der Waals surface area contributed by atoms with E-state index in [1.165, 1.54) is 18.7 Å². The van der Waals surface area contributed by atoms with Crippen molar-refractivity contribution in [2.24, 2.45) is 5.92 Å². The highest BCUT2D eigenvalue weighted by molar-refractivity contribution is 5.30. The molecule has 0 aliphatic carbocycles. The molecule has 0 aromatic heterocycles. The third kappa shape index (κ3) is 1.69. The SMILES string of the molecule is Cc1ccccc1C1CN(C)C[C@H]1C. The van der Waals surface area contributed by atoms with Crippen molar-refractivity contribution in [2.45, 2.75) is 19.8 Å². The van der Waals surface area contributed by atoms with Gasteiger partial charge in [-0.1, -0.05) is 31.2 Å². The molecule has 1 heteroatoms. The molecular formula is C13H19N. The van der Waals surface area contributed by atoms with E-state index in [4.69, 9.17) is 0 Å². The Balaban J connectivity index is 2.27. The van der Waals surface area contributed by atoms with Crippen molar-refractivity contribution in [2.75, 3.05) is 20.1 Å². The predicted octanol–water partition coefficient (Wildman–Crippen LogP) is 2.66. The second kappa shape index (κ2) is 3.74. The van der Waals surface area contributed by atoms with Gasteiger partial charge >= 0.3 is 0 Å². The van der Waals surface area contributed by atoms with Gasteiger partial charge < -0.3 is 4.90 Å². The van der Waals surface area contributed by atoms with Crippen molar-refractivity contribution in [3.63, 3.8) is 0 Å². The Hall–Kier alpha value is -0.820. The summed E-state index contributed by atoms with van der Waals surface area (Å²) in [5.41, 5.74) is 2.99. The first-order valence-corrected chi connectivity index (χ1v) is 5.42. The summed E-state index contributed by atoms with van der Waals surface area (Å²) in [6, 6.07) is 8.80. The van der Waals surface area contributed by atoms with Crippen molar-refractivity contribution in [3.8, 4) is 0 Å². The zero-order valence-corrected chi connectivity index (χ0v) is 9.33. The first-order valence-electron chi connectivity index (χ1n) is 5.42. The first-order chi connectivity index (χ1) is 6.68. The molecule has 0 saturated carbocycles. The maximum Gasteiger partial charge on any atom is 0.00505 e. The lowest BCUT2D eigenvalue weighted by atomic mass is 9.88. The summed E-state index contributed by atoms with van der Waals surface area (Å²) in [5.74, 6) is 1.53. The summed E-state index contributed by atoms with van der Waals surface area (Å²) in [4.78, 5) is 2.43. The Morgan fingerprint density at radius 3 is 2.50 bits per heavy atom. The predicted molar refractivity (Wildman–Crippen MR) is 60.6 cm³/mol. The molecule has 1 unspecified atom stereocenters. The molecule has 1 nitrogen and oxygen atoms in total. The van der Waals surface area contributed by atoms with E-state index in [1.807, 2.05) is 0 Å². The molecule has 1 aromatic carbocycles. The van der Waals surface area contributed by atoms with Crippen LogP contribution in [0.4, 0.5) is 0 Å². The van der Waals surface area contributed by atoms with Crippen molar-refractivity contribution in [1.82, 2.24) is 4.90 Å². The fourth-order valence-corrected chi connectivity index (χ4v) is 2.62. The zero-order valence-electron chi connectivity index (χ0n) is 9.33. The monoisotopic (exact) mass is 189 g/mol. The lowest BCUT2D eigenvalue weighted by Crippen LogP contribution is -2.13. The molecule has 1 aliphatic rings. The molecular weight excluding hydrogens is 170 g/mol. The van der Waals surface area contributed by atoms with E-state index in [0.29, 0.717) is 0 Å². The highest BCUT2D eigenvalue weighted by Gasteiger charge is 2.28. The minimum absolute atomic E-state index is 0.737. The van der Waals surface area contributed by atoms with E-state index in [2.05, 4.69) is 50.1 Å². The van der Waals surface area contributed by atoms with Gasteiger partial charge in [0.2, 0.25) is 0 Å². The van der Waals surface area contributed by atoms with E-state index < -0.39 is 0 Å². The number of hydrogen-bond acceptors (Lipinski definition) is 1. The molecule has 1 saturated heterocycles. The van der Waals surface area contributed by atoms with Crippen LogP contribution < -0.4 is 0 Å². The Kier molecular flexibility index (Phi) is 2.60. The van der Waals surface area contributed by atoms with E-state index in [1.54, 1.807) is 5.56 Å². The third-order valence-electron chi connectivity index (χ3n) is 3.38. The molecule has 1 aliphatic heterocycles. The lowest BCUT2D eigenvalue weighted by Gasteiger charge is -2.16. The summed E-state index contributed by atoms with van der Waals surface area (Å²) >= 11 is 0. The molecule has 76 valence electrons. The van der Waals surface area contributed by atoms with Crippen LogP contribution in [0.15, 0.2) is 24.3 Å². The molecule has 0 bridgehead atoms. The molecule has 1 aromatic rings. The molecule has 1 fully saturated rings. The van der Waals surface area contributed by atoms with Crippen molar-refractivity contribution in [3.05, 3.63) is 35.4 Å². The average Bonchev–Trinajstić information content (AvgIpc) is 2.46. The molecule has 2 rings (SSSR count). The van der Waals surface area contributed by atoms with Crippen LogP contribution in [-0.4, -0.2) is 25.0 Å². The fraction of sp³-hybridized carbons (Fsp3) is 0.538. The number of aryl methyl sites for hydroxylation is 1. The maximum atomic E-state index is 2.43. The van der Waals surface area contributed by atoms with E-state index in [-0.39, 0.29) is 0 Å². The van der Waals surface area contributed by atoms with Crippen LogP contribution in [0.2, 0.25) is 0 Å². The van der Waals surface area contributed by atoms with Crippen LogP contribution in [0.1, 0.15) is 24.0 Å². The van der Waals surface area contributed by atoms with Crippen molar-refractivity contribution >= 4 is 0 Å². The van der Waals surface area contributed by atoms with Crippen molar-refractivity contribution < 1.29 is 0 Å². The Bertz CT molecular complexity index is 319. The van der Waals surface area contributed by atoms with Gasteiger partial charge in [0.05, 0.1) is 0 Å². The number of nitrogens with zero attached hydrogens (tertiary/aromatic N) is 1. The van der Waals surface area contributed by atoms with Crippen LogP contribution in [0, 0.1) is 12.8 Å². The average molecular weight is 189 g/mol. The molecule has 0 radical (unpaired) electrons. The standard InChI is InChI=1S/C13H19N/c1-10-6-4-5-7-12(10)13-9-14(3)8-11(13)2/h4-7,11,13H,8-9H2,1-3H3/t11-,13?/m1/s1. The van der Waals surface area contributed by atoms with Gasteiger partial charge in [0.15, 0.2) is 0 Å². The summed E-state index contributed by atoms with van der Waals surface area (Å²) < 4.78 is 0. The topological polar surface area (TPSA) is 3.24 Å². The highest BCUT2D eigenvalue weighted by atomic mass is 15.1. The first kappa shape index (κ1) is 9.72. The van der Waals surface area contributed by atoms with Crippen molar-refractivity contribution in [1.29, 1.82) is 0 Å². The second-order valence-corrected chi connectivity index (χ2v) is 4.66. The van der Waals surface area contributed by atoms with Gasteiger partial charge in [-0.3, -0.25) is 0 Å². The number of likely N-dealkylation sites (N-methyl/N-ethyl adjacent to an activating group) is 1.